The number of aliphatic hydroxyl groups excluding tert-OH is 1. The van der Waals surface area contributed by atoms with Gasteiger partial charge >= 0.3 is 0 Å². The molecule has 0 bridgehead atoms. The molecule has 0 spiro atoms. The maximum absolute atomic E-state index is 10.1. The van der Waals surface area contributed by atoms with E-state index in [4.69, 9.17) is 4.74 Å². The quantitative estimate of drug-likeness (QED) is 0.838. The Labute approximate surface area is 127 Å². The van der Waals surface area contributed by atoms with E-state index in [9.17, 15) is 5.11 Å². The maximum Gasteiger partial charge on any atom is 0.138 e. The summed E-state index contributed by atoms with van der Waals surface area (Å²) in [6, 6.07) is 3.93. The van der Waals surface area contributed by atoms with Gasteiger partial charge in [0.2, 0.25) is 0 Å². The van der Waals surface area contributed by atoms with Crippen LogP contribution in [0.15, 0.2) is 18.3 Å². The first kappa shape index (κ1) is 16.2. The van der Waals surface area contributed by atoms with Gasteiger partial charge in [-0.15, -0.1) is 0 Å². The molecule has 1 heterocycles. The van der Waals surface area contributed by atoms with Gasteiger partial charge in [0.25, 0.3) is 0 Å². The smallest absolute Gasteiger partial charge is 0.138 e. The van der Waals surface area contributed by atoms with Crippen LogP contribution in [0.4, 0.5) is 0 Å². The van der Waals surface area contributed by atoms with Gasteiger partial charge in [-0.25, -0.2) is 0 Å². The predicted molar refractivity (Wildman–Crippen MR) is 84.3 cm³/mol. The Morgan fingerprint density at radius 3 is 2.67 bits per heavy atom. The van der Waals surface area contributed by atoms with Gasteiger partial charge < -0.3 is 15.2 Å². The van der Waals surface area contributed by atoms with Crippen LogP contribution >= 0.6 is 0 Å². The Hall–Kier alpha value is -1.13. The molecule has 4 heteroatoms. The van der Waals surface area contributed by atoms with Gasteiger partial charge in [-0.3, -0.25) is 4.98 Å². The van der Waals surface area contributed by atoms with Crippen molar-refractivity contribution in [3.05, 3.63) is 24.0 Å². The maximum atomic E-state index is 10.1. The SMILES string of the molecule is CC(C)(C)NCc1ccc(OC2CCCCCC2O)cn1. The number of nitrogens with zero attached hydrogens (tertiary/aromatic N) is 1. The van der Waals surface area contributed by atoms with Crippen molar-refractivity contribution < 1.29 is 9.84 Å². The van der Waals surface area contributed by atoms with Crippen LogP contribution in [0.5, 0.6) is 5.75 Å². The van der Waals surface area contributed by atoms with Crippen LogP contribution in [0.2, 0.25) is 0 Å². The van der Waals surface area contributed by atoms with Crippen LogP contribution in [-0.2, 0) is 6.54 Å². The molecule has 0 aromatic carbocycles. The molecule has 0 aliphatic heterocycles. The zero-order valence-electron chi connectivity index (χ0n) is 13.4. The second-order valence-corrected chi connectivity index (χ2v) is 6.95. The summed E-state index contributed by atoms with van der Waals surface area (Å²) in [6.45, 7) is 7.16. The molecule has 0 saturated heterocycles. The molecule has 0 amide bonds. The fraction of sp³-hybridized carbons (Fsp3) is 0.706. The summed E-state index contributed by atoms with van der Waals surface area (Å²) in [5.74, 6) is 0.750. The summed E-state index contributed by atoms with van der Waals surface area (Å²) >= 11 is 0. The lowest BCUT2D eigenvalue weighted by atomic mass is 10.1. The lowest BCUT2D eigenvalue weighted by Gasteiger charge is -2.22. The van der Waals surface area contributed by atoms with Crippen molar-refractivity contribution in [2.75, 3.05) is 0 Å². The molecule has 1 aromatic rings. The van der Waals surface area contributed by atoms with E-state index < -0.39 is 0 Å². The van der Waals surface area contributed by atoms with E-state index in [1.807, 2.05) is 12.1 Å². The lowest BCUT2D eigenvalue weighted by Crippen LogP contribution is -2.35. The van der Waals surface area contributed by atoms with Crippen molar-refractivity contribution in [3.8, 4) is 5.75 Å². The van der Waals surface area contributed by atoms with Gasteiger partial charge in [0.05, 0.1) is 18.0 Å². The molecule has 118 valence electrons. The molecule has 1 aliphatic rings. The number of ether oxygens (including phenoxy) is 1. The van der Waals surface area contributed by atoms with E-state index in [-0.39, 0.29) is 17.7 Å². The number of aliphatic hydroxyl groups is 1. The number of hydrogen-bond acceptors (Lipinski definition) is 4. The first-order valence-electron chi connectivity index (χ1n) is 7.99. The monoisotopic (exact) mass is 292 g/mol. The van der Waals surface area contributed by atoms with Crippen LogP contribution in [0, 0.1) is 0 Å². The number of nitrogens with one attached hydrogen (secondary N) is 1. The Morgan fingerprint density at radius 1 is 1.24 bits per heavy atom. The zero-order valence-corrected chi connectivity index (χ0v) is 13.4. The largest absolute Gasteiger partial charge is 0.486 e. The van der Waals surface area contributed by atoms with Gasteiger partial charge in [0, 0.05) is 12.1 Å². The molecule has 1 aromatic heterocycles. The molecule has 21 heavy (non-hydrogen) atoms. The van der Waals surface area contributed by atoms with Crippen LogP contribution in [-0.4, -0.2) is 27.8 Å². The molecule has 1 fully saturated rings. The molecule has 4 nitrogen and oxygen atoms in total. The highest BCUT2D eigenvalue weighted by Crippen LogP contribution is 2.23. The molecule has 2 N–H and O–H groups in total. The van der Waals surface area contributed by atoms with Crippen molar-refractivity contribution in [2.45, 2.75) is 77.2 Å². The summed E-state index contributed by atoms with van der Waals surface area (Å²) < 4.78 is 5.92. The van der Waals surface area contributed by atoms with E-state index in [0.717, 1.165) is 43.7 Å². The van der Waals surface area contributed by atoms with Crippen molar-refractivity contribution in [3.63, 3.8) is 0 Å². The van der Waals surface area contributed by atoms with E-state index in [0.29, 0.717) is 0 Å². The third kappa shape index (κ3) is 5.64. The normalized spacial score (nSPS) is 23.6. The van der Waals surface area contributed by atoms with Gasteiger partial charge in [-0.2, -0.15) is 0 Å². The van der Waals surface area contributed by atoms with Crippen LogP contribution in [0.25, 0.3) is 0 Å². The van der Waals surface area contributed by atoms with Gasteiger partial charge in [0.1, 0.15) is 11.9 Å². The molecular weight excluding hydrogens is 264 g/mol. The Kier molecular flexibility index (Phi) is 5.59. The third-order valence-electron chi connectivity index (χ3n) is 3.80. The summed E-state index contributed by atoms with van der Waals surface area (Å²) in [7, 11) is 0. The topological polar surface area (TPSA) is 54.4 Å². The van der Waals surface area contributed by atoms with Crippen LogP contribution < -0.4 is 10.1 Å². The third-order valence-corrected chi connectivity index (χ3v) is 3.80. The number of aromatic nitrogens is 1. The number of rotatable bonds is 4. The molecule has 2 atom stereocenters. The first-order valence-corrected chi connectivity index (χ1v) is 7.99. The Morgan fingerprint density at radius 2 is 2.00 bits per heavy atom. The highest BCUT2D eigenvalue weighted by molar-refractivity contribution is 5.20. The minimum Gasteiger partial charge on any atom is -0.486 e. The van der Waals surface area contributed by atoms with Gasteiger partial charge in [-0.05, 0) is 52.2 Å². The molecule has 1 aliphatic carbocycles. The van der Waals surface area contributed by atoms with E-state index in [1.54, 1.807) is 6.20 Å². The van der Waals surface area contributed by atoms with E-state index in [2.05, 4.69) is 31.1 Å². The average Bonchev–Trinajstić information content (AvgIpc) is 2.63. The predicted octanol–water partition coefficient (Wildman–Crippen LogP) is 3.04. The van der Waals surface area contributed by atoms with Crippen LogP contribution in [0.3, 0.4) is 0 Å². The highest BCUT2D eigenvalue weighted by Gasteiger charge is 2.23. The average molecular weight is 292 g/mol. The van der Waals surface area contributed by atoms with Crippen molar-refractivity contribution >= 4 is 0 Å². The lowest BCUT2D eigenvalue weighted by molar-refractivity contribution is 0.0317. The van der Waals surface area contributed by atoms with Crippen molar-refractivity contribution in [1.29, 1.82) is 0 Å². The molecule has 1 saturated carbocycles. The Balaban J connectivity index is 1.89. The number of hydrogen-bond donors (Lipinski definition) is 2. The van der Waals surface area contributed by atoms with Gasteiger partial charge in [0.15, 0.2) is 0 Å². The molecular formula is C17H28N2O2. The van der Waals surface area contributed by atoms with Crippen molar-refractivity contribution in [1.82, 2.24) is 10.3 Å². The highest BCUT2D eigenvalue weighted by atomic mass is 16.5. The summed E-state index contributed by atoms with van der Waals surface area (Å²) in [6.07, 6.45) is 6.49. The van der Waals surface area contributed by atoms with Crippen LogP contribution in [0.1, 0.15) is 58.6 Å². The van der Waals surface area contributed by atoms with Gasteiger partial charge in [-0.1, -0.05) is 12.8 Å². The zero-order chi connectivity index (χ0) is 15.3. The van der Waals surface area contributed by atoms with E-state index >= 15 is 0 Å². The molecule has 2 unspecified atom stereocenters. The fourth-order valence-electron chi connectivity index (χ4n) is 2.51. The number of pyridine rings is 1. The molecule has 0 radical (unpaired) electrons. The molecule has 2 rings (SSSR count). The van der Waals surface area contributed by atoms with Crippen molar-refractivity contribution in [2.24, 2.45) is 0 Å². The fourth-order valence-corrected chi connectivity index (χ4v) is 2.51. The summed E-state index contributed by atoms with van der Waals surface area (Å²) in [4.78, 5) is 4.43. The first-order chi connectivity index (χ1) is 9.94. The second kappa shape index (κ2) is 7.23. The Bertz CT molecular complexity index is 425. The summed E-state index contributed by atoms with van der Waals surface area (Å²) in [5.41, 5.74) is 1.08. The summed E-state index contributed by atoms with van der Waals surface area (Å²) in [5, 5.41) is 13.5. The minimum absolute atomic E-state index is 0.0846. The van der Waals surface area contributed by atoms with E-state index in [1.165, 1.54) is 6.42 Å². The second-order valence-electron chi connectivity index (χ2n) is 6.95. The standard InChI is InChI=1S/C17H28N2O2/c1-17(2,3)19-11-13-9-10-14(12-18-13)21-16-8-6-4-5-7-15(16)20/h9-10,12,15-16,19-20H,4-8,11H2,1-3H3. The minimum atomic E-state index is -0.352.